The molecule has 0 radical (unpaired) electrons. The molecule has 1 saturated carbocycles. The lowest BCUT2D eigenvalue weighted by molar-refractivity contribution is -0.0505. The molecule has 2 bridgehead atoms. The highest BCUT2D eigenvalue weighted by molar-refractivity contribution is 5.58. The fourth-order valence-electron chi connectivity index (χ4n) is 4.17. The molecule has 3 fully saturated rings. The number of hydrogen-bond acceptors (Lipinski definition) is 3. The zero-order valence-corrected chi connectivity index (χ0v) is 11.8. The largest absolute Gasteiger partial charge is 0.493 e. The van der Waals surface area contributed by atoms with Crippen LogP contribution in [0.1, 0.15) is 25.3 Å². The molecule has 3 nitrogen and oxygen atoms in total. The van der Waals surface area contributed by atoms with E-state index in [1.54, 1.807) is 12.1 Å². The van der Waals surface area contributed by atoms with Crippen LogP contribution in [0.25, 0.3) is 0 Å². The molecule has 1 aliphatic carbocycles. The van der Waals surface area contributed by atoms with Gasteiger partial charge in [0, 0.05) is 23.1 Å². The second kappa shape index (κ2) is 3.97. The van der Waals surface area contributed by atoms with Gasteiger partial charge in [-0.05, 0) is 37.5 Å². The van der Waals surface area contributed by atoms with E-state index >= 15 is 0 Å². The second-order valence-electron chi connectivity index (χ2n) is 6.33. The summed E-state index contributed by atoms with van der Waals surface area (Å²) in [6, 6.07) is 4.94. The van der Waals surface area contributed by atoms with Crippen molar-refractivity contribution in [3.05, 3.63) is 35.9 Å². The van der Waals surface area contributed by atoms with Gasteiger partial charge >= 0.3 is 6.61 Å². The van der Waals surface area contributed by atoms with Crippen molar-refractivity contribution >= 4 is 0 Å². The molecule has 112 valence electrons. The number of alkyl halides is 2. The van der Waals surface area contributed by atoms with Crippen molar-refractivity contribution < 1.29 is 18.3 Å². The first-order chi connectivity index (χ1) is 9.95. The summed E-state index contributed by atoms with van der Waals surface area (Å²) in [5, 5.41) is 3.67. The fraction of sp³-hybridized carbons (Fsp3) is 0.500. The van der Waals surface area contributed by atoms with E-state index in [1.807, 2.05) is 6.07 Å². The molecule has 1 spiro atoms. The maximum atomic E-state index is 12.3. The summed E-state index contributed by atoms with van der Waals surface area (Å²) in [6.07, 6.45) is 2.14. The van der Waals surface area contributed by atoms with Gasteiger partial charge in [0.15, 0.2) is 0 Å². The van der Waals surface area contributed by atoms with Gasteiger partial charge in [0.05, 0.1) is 12.1 Å². The van der Waals surface area contributed by atoms with Crippen LogP contribution in [0.3, 0.4) is 0 Å². The van der Waals surface area contributed by atoms with Crippen molar-refractivity contribution in [1.29, 1.82) is 0 Å². The van der Waals surface area contributed by atoms with Crippen molar-refractivity contribution in [3.63, 3.8) is 0 Å². The molecule has 5 heteroatoms. The van der Waals surface area contributed by atoms with Crippen LogP contribution < -0.4 is 14.8 Å². The Morgan fingerprint density at radius 3 is 3.00 bits per heavy atom. The van der Waals surface area contributed by atoms with Crippen LogP contribution in [0, 0.1) is 5.92 Å². The minimum Gasteiger partial charge on any atom is -0.493 e. The highest BCUT2D eigenvalue weighted by atomic mass is 19.3. The van der Waals surface area contributed by atoms with Crippen molar-refractivity contribution in [2.45, 2.75) is 37.5 Å². The third-order valence-corrected chi connectivity index (χ3v) is 5.26. The number of halogens is 2. The van der Waals surface area contributed by atoms with Crippen LogP contribution in [0.4, 0.5) is 8.78 Å². The van der Waals surface area contributed by atoms with Crippen LogP contribution in [0.2, 0.25) is 0 Å². The standard InChI is InChI=1S/C16H17F2NO2/c1-9-15(2)6-5-10-8-20-13-7-11(21-14(17)18)3-4-12(13)16(9,10)19-15/h3-4,7,10,14,19H,1,5-6,8H2,2H3/t10-,15?,16+/m1/s1. The molecule has 0 aromatic heterocycles. The topological polar surface area (TPSA) is 30.5 Å². The predicted octanol–water partition coefficient (Wildman–Crippen LogP) is 3.20. The van der Waals surface area contributed by atoms with Crippen LogP contribution >= 0.6 is 0 Å². The lowest BCUT2D eigenvalue weighted by Crippen LogP contribution is -2.77. The smallest absolute Gasteiger partial charge is 0.387 e. The van der Waals surface area contributed by atoms with Gasteiger partial charge in [-0.15, -0.1) is 0 Å². The summed E-state index contributed by atoms with van der Waals surface area (Å²) in [5.41, 5.74) is 1.90. The van der Waals surface area contributed by atoms with E-state index in [0.717, 1.165) is 18.4 Å². The summed E-state index contributed by atoms with van der Waals surface area (Å²) in [7, 11) is 0. The monoisotopic (exact) mass is 293 g/mol. The van der Waals surface area contributed by atoms with Gasteiger partial charge in [0.25, 0.3) is 0 Å². The van der Waals surface area contributed by atoms with Gasteiger partial charge in [-0.3, -0.25) is 5.32 Å². The molecule has 2 saturated heterocycles. The third-order valence-electron chi connectivity index (χ3n) is 5.26. The quantitative estimate of drug-likeness (QED) is 0.849. The molecular weight excluding hydrogens is 276 g/mol. The highest BCUT2D eigenvalue weighted by Crippen LogP contribution is 2.61. The van der Waals surface area contributed by atoms with Crippen LogP contribution in [-0.4, -0.2) is 18.8 Å². The van der Waals surface area contributed by atoms with Gasteiger partial charge in [-0.2, -0.15) is 8.78 Å². The predicted molar refractivity (Wildman–Crippen MR) is 73.7 cm³/mol. The molecular formula is C16H17F2NO2. The van der Waals surface area contributed by atoms with Gasteiger partial charge < -0.3 is 9.47 Å². The Kier molecular flexibility index (Phi) is 2.47. The van der Waals surface area contributed by atoms with Gasteiger partial charge in [0.1, 0.15) is 11.5 Å². The van der Waals surface area contributed by atoms with E-state index in [2.05, 4.69) is 23.6 Å². The minimum absolute atomic E-state index is 0.0107. The molecule has 3 aliphatic heterocycles. The van der Waals surface area contributed by atoms with E-state index < -0.39 is 6.61 Å². The summed E-state index contributed by atoms with van der Waals surface area (Å²) in [6.45, 7) is 4.21. The lowest BCUT2D eigenvalue weighted by Gasteiger charge is -2.67. The summed E-state index contributed by atoms with van der Waals surface area (Å²) >= 11 is 0. The third kappa shape index (κ3) is 1.55. The molecule has 21 heavy (non-hydrogen) atoms. The average Bonchev–Trinajstić information content (AvgIpc) is 2.45. The molecule has 1 aromatic carbocycles. The van der Waals surface area contributed by atoms with Crippen molar-refractivity contribution in [2.24, 2.45) is 5.92 Å². The molecule has 1 N–H and O–H groups in total. The molecule has 3 atom stereocenters. The Bertz CT molecular complexity index is 633. The van der Waals surface area contributed by atoms with Crippen LogP contribution in [0.5, 0.6) is 11.5 Å². The fourth-order valence-corrected chi connectivity index (χ4v) is 4.17. The maximum Gasteiger partial charge on any atom is 0.387 e. The Morgan fingerprint density at radius 1 is 1.48 bits per heavy atom. The van der Waals surface area contributed by atoms with E-state index in [1.165, 1.54) is 5.57 Å². The summed E-state index contributed by atoms with van der Waals surface area (Å²) in [4.78, 5) is 0. The lowest BCUT2D eigenvalue weighted by atomic mass is 9.52. The van der Waals surface area contributed by atoms with Crippen LogP contribution in [0.15, 0.2) is 30.4 Å². The Hall–Kier alpha value is -1.62. The first-order valence-electron chi connectivity index (χ1n) is 7.17. The number of piperidine rings is 1. The normalized spacial score (nSPS) is 36.4. The molecule has 5 rings (SSSR count). The number of nitrogens with one attached hydrogen (secondary N) is 1. The average molecular weight is 293 g/mol. The Balaban J connectivity index is 1.76. The molecule has 1 aromatic rings. The Morgan fingerprint density at radius 2 is 2.29 bits per heavy atom. The van der Waals surface area contributed by atoms with Crippen LogP contribution in [-0.2, 0) is 5.54 Å². The van der Waals surface area contributed by atoms with Crippen molar-refractivity contribution in [2.75, 3.05) is 6.61 Å². The van der Waals surface area contributed by atoms with E-state index in [9.17, 15) is 8.78 Å². The summed E-state index contributed by atoms with van der Waals surface area (Å²) < 4.78 is 34.9. The Labute approximate surface area is 121 Å². The second-order valence-corrected chi connectivity index (χ2v) is 6.33. The van der Waals surface area contributed by atoms with Gasteiger partial charge in [-0.1, -0.05) is 6.58 Å². The SMILES string of the molecule is C=C1C2(C)CC[C@@H]3COc4cc(OC(F)F)ccc4[C@]13N2. The number of ether oxygens (including phenoxy) is 2. The highest BCUT2D eigenvalue weighted by Gasteiger charge is 2.65. The van der Waals surface area contributed by atoms with E-state index in [4.69, 9.17) is 4.74 Å². The minimum atomic E-state index is -2.83. The van der Waals surface area contributed by atoms with Crippen molar-refractivity contribution in [3.8, 4) is 11.5 Å². The zero-order valence-electron chi connectivity index (χ0n) is 11.8. The summed E-state index contributed by atoms with van der Waals surface area (Å²) in [5.74, 6) is 1.09. The zero-order chi connectivity index (χ0) is 14.8. The van der Waals surface area contributed by atoms with Gasteiger partial charge in [0.2, 0.25) is 0 Å². The maximum absolute atomic E-state index is 12.3. The van der Waals surface area contributed by atoms with Gasteiger partial charge in [-0.25, -0.2) is 0 Å². The molecule has 4 aliphatic rings. The van der Waals surface area contributed by atoms with E-state index in [-0.39, 0.29) is 16.8 Å². The molecule has 1 unspecified atom stereocenters. The number of benzene rings is 1. The van der Waals surface area contributed by atoms with E-state index in [0.29, 0.717) is 18.3 Å². The molecule has 3 heterocycles. The number of fused-ring (bicyclic) bond motifs is 2. The molecule has 0 amide bonds. The number of hydrogen-bond donors (Lipinski definition) is 1. The first-order valence-corrected chi connectivity index (χ1v) is 7.17. The first kappa shape index (κ1) is 13.1. The van der Waals surface area contributed by atoms with Crippen molar-refractivity contribution in [1.82, 2.24) is 5.32 Å². The number of rotatable bonds is 2.